The van der Waals surface area contributed by atoms with Crippen LogP contribution in [0, 0.1) is 6.92 Å². The van der Waals surface area contributed by atoms with Crippen molar-refractivity contribution < 1.29 is 4.79 Å². The van der Waals surface area contributed by atoms with Crippen molar-refractivity contribution in [2.24, 2.45) is 0 Å². The summed E-state index contributed by atoms with van der Waals surface area (Å²) in [7, 11) is 1.75. The molecule has 0 radical (unpaired) electrons. The summed E-state index contributed by atoms with van der Waals surface area (Å²) in [5.74, 6) is 0.101. The molecule has 19 heavy (non-hydrogen) atoms. The quantitative estimate of drug-likeness (QED) is 0.906. The first kappa shape index (κ1) is 13.4. The van der Waals surface area contributed by atoms with E-state index < -0.39 is 0 Å². The molecule has 0 aliphatic heterocycles. The van der Waals surface area contributed by atoms with Crippen LogP contribution in [-0.4, -0.2) is 27.9 Å². The standard InChI is InChI=1S/C12H12BrN5O/c1-7-3-9(14-2)8(4-15-7)12(19)18-11-6-16-10(13)5-17-11/h3-6H,1-2H3,(H,14,15)(H,17,18,19). The molecule has 2 aromatic rings. The van der Waals surface area contributed by atoms with Crippen LogP contribution in [0.2, 0.25) is 0 Å². The molecule has 0 aliphatic carbocycles. The number of anilines is 2. The molecule has 0 unspecified atom stereocenters. The molecule has 98 valence electrons. The largest absolute Gasteiger partial charge is 0.387 e. The average molecular weight is 322 g/mol. The van der Waals surface area contributed by atoms with Gasteiger partial charge in [0.1, 0.15) is 4.60 Å². The third kappa shape index (κ3) is 3.25. The van der Waals surface area contributed by atoms with Crippen LogP contribution in [0.5, 0.6) is 0 Å². The number of carbonyl (C=O) groups is 1. The summed E-state index contributed by atoms with van der Waals surface area (Å²) in [5.41, 5.74) is 2.01. The minimum Gasteiger partial charge on any atom is -0.387 e. The van der Waals surface area contributed by atoms with Crippen LogP contribution < -0.4 is 10.6 Å². The Morgan fingerprint density at radius 1 is 1.21 bits per heavy atom. The first-order valence-electron chi connectivity index (χ1n) is 5.53. The Morgan fingerprint density at radius 2 is 2.00 bits per heavy atom. The van der Waals surface area contributed by atoms with Crippen LogP contribution in [0.3, 0.4) is 0 Å². The smallest absolute Gasteiger partial charge is 0.260 e. The minimum atomic E-state index is -0.284. The van der Waals surface area contributed by atoms with Crippen LogP contribution in [-0.2, 0) is 0 Å². The number of carbonyl (C=O) groups excluding carboxylic acids is 1. The topological polar surface area (TPSA) is 79.8 Å². The van der Waals surface area contributed by atoms with E-state index in [0.717, 1.165) is 11.4 Å². The van der Waals surface area contributed by atoms with Gasteiger partial charge in [0, 0.05) is 18.9 Å². The lowest BCUT2D eigenvalue weighted by atomic mass is 10.2. The van der Waals surface area contributed by atoms with Crippen LogP contribution >= 0.6 is 15.9 Å². The first-order valence-corrected chi connectivity index (χ1v) is 6.32. The number of hydrogen-bond donors (Lipinski definition) is 2. The van der Waals surface area contributed by atoms with Gasteiger partial charge in [0.15, 0.2) is 5.82 Å². The molecule has 2 rings (SSSR count). The Morgan fingerprint density at radius 3 is 2.63 bits per heavy atom. The van der Waals surface area contributed by atoms with Gasteiger partial charge in [0.05, 0.1) is 23.6 Å². The van der Waals surface area contributed by atoms with Gasteiger partial charge in [-0.25, -0.2) is 9.97 Å². The van der Waals surface area contributed by atoms with Crippen molar-refractivity contribution >= 4 is 33.3 Å². The molecule has 2 N–H and O–H groups in total. The van der Waals surface area contributed by atoms with Gasteiger partial charge in [-0.15, -0.1) is 0 Å². The van der Waals surface area contributed by atoms with E-state index in [1.54, 1.807) is 7.05 Å². The third-order valence-corrected chi connectivity index (χ3v) is 2.83. The Kier molecular flexibility index (Phi) is 4.06. The molecule has 0 aliphatic rings. The molecule has 0 bridgehead atoms. The fraction of sp³-hybridized carbons (Fsp3) is 0.167. The van der Waals surface area contributed by atoms with Crippen LogP contribution in [0.15, 0.2) is 29.3 Å². The van der Waals surface area contributed by atoms with Gasteiger partial charge in [0.25, 0.3) is 5.91 Å². The van der Waals surface area contributed by atoms with Crippen molar-refractivity contribution in [3.05, 3.63) is 40.5 Å². The van der Waals surface area contributed by atoms with E-state index >= 15 is 0 Å². The second-order valence-corrected chi connectivity index (χ2v) is 4.61. The maximum atomic E-state index is 12.1. The van der Waals surface area contributed by atoms with Crippen molar-refractivity contribution in [3.8, 4) is 0 Å². The molecule has 0 saturated carbocycles. The lowest BCUT2D eigenvalue weighted by molar-refractivity contribution is 0.102. The Labute approximate surface area is 118 Å². The van der Waals surface area contributed by atoms with Crippen molar-refractivity contribution in [2.45, 2.75) is 6.92 Å². The number of nitrogens with zero attached hydrogens (tertiary/aromatic N) is 3. The number of hydrogen-bond acceptors (Lipinski definition) is 5. The predicted octanol–water partition coefficient (Wildman–Crippen LogP) is 2.24. The van der Waals surface area contributed by atoms with Crippen molar-refractivity contribution in [3.63, 3.8) is 0 Å². The maximum Gasteiger partial charge on any atom is 0.260 e. The zero-order chi connectivity index (χ0) is 13.8. The molecule has 2 heterocycles. The summed E-state index contributed by atoms with van der Waals surface area (Å²) in [6.45, 7) is 1.86. The molecule has 0 fully saturated rings. The summed E-state index contributed by atoms with van der Waals surface area (Å²) in [4.78, 5) is 24.3. The minimum absolute atomic E-state index is 0.284. The second-order valence-electron chi connectivity index (χ2n) is 3.80. The van der Waals surface area contributed by atoms with Gasteiger partial charge in [-0.3, -0.25) is 9.78 Å². The lowest BCUT2D eigenvalue weighted by Crippen LogP contribution is -2.15. The van der Waals surface area contributed by atoms with Gasteiger partial charge in [-0.1, -0.05) is 0 Å². The molecule has 6 nitrogen and oxygen atoms in total. The highest BCUT2D eigenvalue weighted by Gasteiger charge is 2.12. The van der Waals surface area contributed by atoms with Crippen LogP contribution in [0.1, 0.15) is 16.1 Å². The molecular formula is C12H12BrN5O. The molecular weight excluding hydrogens is 310 g/mol. The van der Waals surface area contributed by atoms with Gasteiger partial charge in [-0.05, 0) is 28.9 Å². The van der Waals surface area contributed by atoms with E-state index in [9.17, 15) is 4.79 Å². The van der Waals surface area contributed by atoms with E-state index in [2.05, 4.69) is 41.5 Å². The van der Waals surface area contributed by atoms with Crippen LogP contribution in [0.4, 0.5) is 11.5 Å². The average Bonchev–Trinajstić information content (AvgIpc) is 2.41. The first-order chi connectivity index (χ1) is 9.10. The van der Waals surface area contributed by atoms with Gasteiger partial charge >= 0.3 is 0 Å². The van der Waals surface area contributed by atoms with E-state index in [-0.39, 0.29) is 5.91 Å². The molecule has 1 amide bonds. The number of aryl methyl sites for hydroxylation is 1. The zero-order valence-electron chi connectivity index (χ0n) is 10.4. The maximum absolute atomic E-state index is 12.1. The monoisotopic (exact) mass is 321 g/mol. The summed E-state index contributed by atoms with van der Waals surface area (Å²) in [5, 5.41) is 5.63. The summed E-state index contributed by atoms with van der Waals surface area (Å²) < 4.78 is 0.610. The Balaban J connectivity index is 2.22. The van der Waals surface area contributed by atoms with Gasteiger partial charge < -0.3 is 10.6 Å². The van der Waals surface area contributed by atoms with E-state index in [1.807, 2.05) is 13.0 Å². The highest BCUT2D eigenvalue weighted by Crippen LogP contribution is 2.16. The lowest BCUT2D eigenvalue weighted by Gasteiger charge is -2.09. The number of nitrogens with one attached hydrogen (secondary N) is 2. The Bertz CT molecular complexity index is 600. The SMILES string of the molecule is CNc1cc(C)ncc1C(=O)Nc1cnc(Br)cn1. The normalized spacial score (nSPS) is 10.1. The second kappa shape index (κ2) is 5.75. The molecule has 7 heteroatoms. The molecule has 0 spiro atoms. The predicted molar refractivity (Wildman–Crippen MR) is 76.2 cm³/mol. The number of halogens is 1. The van der Waals surface area contributed by atoms with Crippen molar-refractivity contribution in [1.82, 2.24) is 15.0 Å². The van der Waals surface area contributed by atoms with E-state index in [1.165, 1.54) is 18.6 Å². The summed E-state index contributed by atoms with van der Waals surface area (Å²) in [6.07, 6.45) is 4.52. The number of aromatic nitrogens is 3. The van der Waals surface area contributed by atoms with E-state index in [4.69, 9.17) is 0 Å². The van der Waals surface area contributed by atoms with Crippen molar-refractivity contribution in [1.29, 1.82) is 0 Å². The fourth-order valence-corrected chi connectivity index (χ4v) is 1.71. The van der Waals surface area contributed by atoms with Gasteiger partial charge in [-0.2, -0.15) is 0 Å². The Hall–Kier alpha value is -2.02. The highest BCUT2D eigenvalue weighted by atomic mass is 79.9. The van der Waals surface area contributed by atoms with Crippen molar-refractivity contribution in [2.75, 3.05) is 17.7 Å². The number of pyridine rings is 1. The molecule has 0 saturated heterocycles. The summed E-state index contributed by atoms with van der Waals surface area (Å²) in [6, 6.07) is 1.81. The third-order valence-electron chi connectivity index (χ3n) is 2.42. The zero-order valence-corrected chi connectivity index (χ0v) is 12.0. The van der Waals surface area contributed by atoms with Gasteiger partial charge in [0.2, 0.25) is 0 Å². The number of rotatable bonds is 3. The molecule has 0 atom stereocenters. The number of amides is 1. The fourth-order valence-electron chi connectivity index (χ4n) is 1.51. The highest BCUT2D eigenvalue weighted by molar-refractivity contribution is 9.10. The van der Waals surface area contributed by atoms with E-state index in [0.29, 0.717) is 16.0 Å². The summed E-state index contributed by atoms with van der Waals surface area (Å²) >= 11 is 3.18. The van der Waals surface area contributed by atoms with Crippen LogP contribution in [0.25, 0.3) is 0 Å². The molecule has 0 aromatic carbocycles. The molecule has 2 aromatic heterocycles.